The van der Waals surface area contributed by atoms with Crippen LogP contribution < -0.4 is 4.90 Å². The molecular weight excluding hydrogens is 280 g/mol. The van der Waals surface area contributed by atoms with Gasteiger partial charge >= 0.3 is 6.01 Å². The summed E-state index contributed by atoms with van der Waals surface area (Å²) in [5.41, 5.74) is 0. The van der Waals surface area contributed by atoms with Crippen molar-refractivity contribution in [2.45, 2.75) is 37.9 Å². The second kappa shape index (κ2) is 5.33. The molecule has 1 saturated carbocycles. The highest BCUT2D eigenvalue weighted by atomic mass is 32.2. The zero-order valence-corrected chi connectivity index (χ0v) is 12.5. The summed E-state index contributed by atoms with van der Waals surface area (Å²) in [6.45, 7) is 3.96. The second-order valence-corrected chi connectivity index (χ2v) is 7.65. The van der Waals surface area contributed by atoms with Crippen molar-refractivity contribution in [1.29, 1.82) is 0 Å². The van der Waals surface area contributed by atoms with E-state index >= 15 is 0 Å². The highest BCUT2D eigenvalue weighted by molar-refractivity contribution is 7.89. The Morgan fingerprint density at radius 2 is 1.75 bits per heavy atom. The third-order valence-electron chi connectivity index (χ3n) is 4.11. The summed E-state index contributed by atoms with van der Waals surface area (Å²) in [4.78, 5) is 1.95. The Labute approximate surface area is 119 Å². The third kappa shape index (κ3) is 2.54. The molecular formula is C12H20N4O3S. The summed E-state index contributed by atoms with van der Waals surface area (Å²) < 4.78 is 32.0. The van der Waals surface area contributed by atoms with Crippen molar-refractivity contribution < 1.29 is 12.8 Å². The molecule has 1 aliphatic heterocycles. The Morgan fingerprint density at radius 3 is 2.30 bits per heavy atom. The number of sulfonamides is 1. The van der Waals surface area contributed by atoms with Gasteiger partial charge in [-0.15, -0.1) is 5.10 Å². The van der Waals surface area contributed by atoms with Crippen LogP contribution in [0.2, 0.25) is 0 Å². The minimum atomic E-state index is -3.12. The molecule has 0 atom stereocenters. The zero-order chi connectivity index (χ0) is 14.2. The second-order valence-electron chi connectivity index (χ2n) is 5.44. The van der Waals surface area contributed by atoms with E-state index in [1.807, 2.05) is 4.90 Å². The average molecular weight is 300 g/mol. The summed E-state index contributed by atoms with van der Waals surface area (Å²) in [6, 6.07) is 0.486. The number of hydrogen-bond acceptors (Lipinski definition) is 6. The summed E-state index contributed by atoms with van der Waals surface area (Å²) in [6.07, 6.45) is 3.69. The Hall–Kier alpha value is -1.15. The third-order valence-corrected chi connectivity index (χ3v) is 6.51. The summed E-state index contributed by atoms with van der Waals surface area (Å²) in [7, 11) is -3.12. The Kier molecular flexibility index (Phi) is 3.68. The molecule has 0 radical (unpaired) electrons. The van der Waals surface area contributed by atoms with Crippen LogP contribution in [0.3, 0.4) is 0 Å². The molecule has 1 aromatic heterocycles. The van der Waals surface area contributed by atoms with E-state index in [1.165, 1.54) is 0 Å². The molecule has 0 amide bonds. The van der Waals surface area contributed by atoms with Crippen LogP contribution in [0.15, 0.2) is 4.42 Å². The largest absolute Gasteiger partial charge is 0.408 e. The van der Waals surface area contributed by atoms with Crippen LogP contribution in [0.5, 0.6) is 0 Å². The predicted octanol–water partition coefficient (Wildman–Crippen LogP) is 0.772. The van der Waals surface area contributed by atoms with Crippen molar-refractivity contribution in [2.24, 2.45) is 0 Å². The van der Waals surface area contributed by atoms with E-state index in [1.54, 1.807) is 11.2 Å². The van der Waals surface area contributed by atoms with Gasteiger partial charge < -0.3 is 9.32 Å². The molecule has 0 N–H and O–H groups in total. The minimum absolute atomic E-state index is 0.167. The number of rotatable bonds is 3. The molecule has 20 heavy (non-hydrogen) atoms. The average Bonchev–Trinajstić information content (AvgIpc) is 3.10. The minimum Gasteiger partial charge on any atom is -0.408 e. The van der Waals surface area contributed by atoms with Crippen molar-refractivity contribution in [3.63, 3.8) is 0 Å². The number of aromatic nitrogens is 2. The number of anilines is 1. The summed E-state index contributed by atoms with van der Waals surface area (Å²) in [5, 5.41) is 7.61. The number of nitrogens with zero attached hydrogens (tertiary/aromatic N) is 4. The Bertz CT molecular complexity index is 557. The van der Waals surface area contributed by atoms with Crippen molar-refractivity contribution >= 4 is 16.0 Å². The van der Waals surface area contributed by atoms with E-state index in [2.05, 4.69) is 10.2 Å². The van der Waals surface area contributed by atoms with Crippen LogP contribution in [-0.4, -0.2) is 54.3 Å². The van der Waals surface area contributed by atoms with Gasteiger partial charge in [-0.3, -0.25) is 0 Å². The molecule has 0 spiro atoms. The van der Waals surface area contributed by atoms with Crippen LogP contribution in [0.4, 0.5) is 6.01 Å². The van der Waals surface area contributed by atoms with Gasteiger partial charge in [0.05, 0.1) is 5.25 Å². The lowest BCUT2D eigenvalue weighted by Gasteiger charge is -2.34. The molecule has 2 fully saturated rings. The van der Waals surface area contributed by atoms with Gasteiger partial charge in [0.1, 0.15) is 0 Å². The van der Waals surface area contributed by atoms with Gasteiger partial charge in [-0.25, -0.2) is 8.42 Å². The van der Waals surface area contributed by atoms with Crippen LogP contribution in [0, 0.1) is 6.92 Å². The van der Waals surface area contributed by atoms with E-state index < -0.39 is 10.0 Å². The fraction of sp³-hybridized carbons (Fsp3) is 0.833. The lowest BCUT2D eigenvalue weighted by molar-refractivity contribution is 0.365. The normalized spacial score (nSPS) is 22.6. The number of aryl methyl sites for hydroxylation is 1. The maximum atomic E-state index is 12.5. The van der Waals surface area contributed by atoms with Gasteiger partial charge in [0, 0.05) is 33.1 Å². The zero-order valence-electron chi connectivity index (χ0n) is 11.7. The number of piperazine rings is 1. The van der Waals surface area contributed by atoms with Crippen LogP contribution in [0.1, 0.15) is 31.6 Å². The maximum Gasteiger partial charge on any atom is 0.318 e. The predicted molar refractivity (Wildman–Crippen MR) is 74.0 cm³/mol. The highest BCUT2D eigenvalue weighted by Crippen LogP contribution is 2.28. The lowest BCUT2D eigenvalue weighted by atomic mass is 10.4. The van der Waals surface area contributed by atoms with E-state index in [-0.39, 0.29) is 5.25 Å². The molecule has 8 heteroatoms. The fourth-order valence-corrected chi connectivity index (χ4v) is 4.97. The highest BCUT2D eigenvalue weighted by Gasteiger charge is 2.36. The first-order valence-electron chi connectivity index (χ1n) is 7.11. The van der Waals surface area contributed by atoms with Gasteiger partial charge in [0.15, 0.2) is 0 Å². The smallest absolute Gasteiger partial charge is 0.318 e. The molecule has 1 aliphatic carbocycles. The monoisotopic (exact) mass is 300 g/mol. The molecule has 1 saturated heterocycles. The topological polar surface area (TPSA) is 79.5 Å². The molecule has 2 aliphatic rings. The molecule has 0 unspecified atom stereocenters. The van der Waals surface area contributed by atoms with Crippen molar-refractivity contribution in [3.05, 3.63) is 5.89 Å². The van der Waals surface area contributed by atoms with Crippen LogP contribution in [-0.2, 0) is 10.0 Å². The molecule has 112 valence electrons. The molecule has 2 heterocycles. The molecule has 0 bridgehead atoms. The first kappa shape index (κ1) is 13.8. The van der Waals surface area contributed by atoms with Gasteiger partial charge in [-0.1, -0.05) is 17.9 Å². The first-order chi connectivity index (χ1) is 9.57. The van der Waals surface area contributed by atoms with E-state index in [0.717, 1.165) is 25.7 Å². The molecule has 0 aromatic carbocycles. The van der Waals surface area contributed by atoms with Crippen molar-refractivity contribution in [3.8, 4) is 0 Å². The van der Waals surface area contributed by atoms with Crippen molar-refractivity contribution in [1.82, 2.24) is 14.5 Å². The van der Waals surface area contributed by atoms with Gasteiger partial charge in [0.2, 0.25) is 15.9 Å². The van der Waals surface area contributed by atoms with Crippen LogP contribution >= 0.6 is 0 Å². The summed E-state index contributed by atoms with van der Waals surface area (Å²) >= 11 is 0. The number of hydrogen-bond donors (Lipinski definition) is 0. The van der Waals surface area contributed by atoms with Gasteiger partial charge in [-0.2, -0.15) is 4.31 Å². The van der Waals surface area contributed by atoms with Crippen LogP contribution in [0.25, 0.3) is 0 Å². The Balaban J connectivity index is 1.63. The molecule has 1 aromatic rings. The molecule has 7 nitrogen and oxygen atoms in total. The van der Waals surface area contributed by atoms with E-state index in [9.17, 15) is 8.42 Å². The van der Waals surface area contributed by atoms with Crippen molar-refractivity contribution in [2.75, 3.05) is 31.1 Å². The summed E-state index contributed by atoms with van der Waals surface area (Å²) in [5.74, 6) is 0.529. The van der Waals surface area contributed by atoms with E-state index in [4.69, 9.17) is 4.42 Å². The maximum absolute atomic E-state index is 12.5. The quantitative estimate of drug-likeness (QED) is 0.820. The van der Waals surface area contributed by atoms with Gasteiger partial charge in [-0.05, 0) is 12.8 Å². The lowest BCUT2D eigenvalue weighted by Crippen LogP contribution is -2.51. The molecule has 3 rings (SSSR count). The van der Waals surface area contributed by atoms with E-state index in [0.29, 0.717) is 38.1 Å². The van der Waals surface area contributed by atoms with Gasteiger partial charge in [0.25, 0.3) is 0 Å². The Morgan fingerprint density at radius 1 is 1.10 bits per heavy atom. The fourth-order valence-electron chi connectivity index (χ4n) is 2.94. The SMILES string of the molecule is Cc1nnc(N2CCN(S(=O)(=O)C3CCCC3)CC2)o1. The first-order valence-corrected chi connectivity index (χ1v) is 8.62. The standard InChI is InChI=1S/C12H20N4O3S/c1-10-13-14-12(19-10)15-6-8-16(9-7-15)20(17,18)11-4-2-3-5-11/h11H,2-9H2,1H3.